The highest BCUT2D eigenvalue weighted by Crippen LogP contribution is 2.37. The van der Waals surface area contributed by atoms with Crippen LogP contribution >= 0.6 is 0 Å². The summed E-state index contributed by atoms with van der Waals surface area (Å²) < 4.78 is 43.8. The van der Waals surface area contributed by atoms with Crippen molar-refractivity contribution < 1.29 is 23.0 Å². The van der Waals surface area contributed by atoms with Crippen LogP contribution in [0.4, 0.5) is 13.2 Å². The highest BCUT2D eigenvalue weighted by molar-refractivity contribution is 5.77. The number of rotatable bonds is 2. The van der Waals surface area contributed by atoms with Crippen LogP contribution in [0.3, 0.4) is 0 Å². The quantitative estimate of drug-likeness (QED) is 0.835. The minimum absolute atomic E-state index is 0.0237. The molecule has 1 heterocycles. The molecule has 3 nitrogen and oxygen atoms in total. The highest BCUT2D eigenvalue weighted by Gasteiger charge is 2.34. The first kappa shape index (κ1) is 13.6. The minimum atomic E-state index is -4.45. The molecule has 0 radical (unpaired) electrons. The number of allylic oxidation sites excluding steroid dienone is 2. The molecule has 1 unspecified atom stereocenters. The van der Waals surface area contributed by atoms with E-state index in [1.165, 1.54) is 37.6 Å². The van der Waals surface area contributed by atoms with Gasteiger partial charge in [0.1, 0.15) is 12.3 Å². The lowest BCUT2D eigenvalue weighted by molar-refractivity contribution is -0.784. The lowest BCUT2D eigenvalue weighted by atomic mass is 9.97. The molecule has 1 aromatic carbocycles. The number of alkyl halides is 3. The van der Waals surface area contributed by atoms with E-state index in [9.17, 15) is 18.4 Å². The molecule has 0 saturated carbocycles. The van der Waals surface area contributed by atoms with Crippen LogP contribution in [-0.2, 0) is 6.18 Å². The SMILES string of the molecule is COc1ccc(C(F)(F)F)c(C2=CC[NH+]([O-])C=C2)c1. The van der Waals surface area contributed by atoms with E-state index in [0.717, 1.165) is 6.07 Å². The highest BCUT2D eigenvalue weighted by atomic mass is 19.4. The van der Waals surface area contributed by atoms with Crippen molar-refractivity contribution in [3.05, 3.63) is 52.9 Å². The number of ether oxygens (including phenoxy) is 1. The maximum atomic E-state index is 13.0. The second-order valence-corrected chi connectivity index (χ2v) is 4.07. The lowest BCUT2D eigenvalue weighted by Gasteiger charge is -2.21. The number of halogens is 3. The number of hydroxylamine groups is 2. The summed E-state index contributed by atoms with van der Waals surface area (Å²) in [4.78, 5) is 0. The fourth-order valence-electron chi connectivity index (χ4n) is 1.87. The fourth-order valence-corrected chi connectivity index (χ4v) is 1.87. The van der Waals surface area contributed by atoms with Crippen LogP contribution in [0.1, 0.15) is 11.1 Å². The third-order valence-electron chi connectivity index (χ3n) is 2.82. The van der Waals surface area contributed by atoms with Crippen LogP contribution in [-0.4, -0.2) is 13.7 Å². The van der Waals surface area contributed by atoms with Crippen LogP contribution in [0, 0.1) is 5.21 Å². The Hall–Kier alpha value is -1.79. The molecule has 102 valence electrons. The van der Waals surface area contributed by atoms with Crippen molar-refractivity contribution in [3.63, 3.8) is 0 Å². The summed E-state index contributed by atoms with van der Waals surface area (Å²) in [6, 6.07) is 3.58. The van der Waals surface area contributed by atoms with Gasteiger partial charge in [0.05, 0.1) is 18.9 Å². The minimum Gasteiger partial charge on any atom is -0.629 e. The average molecular weight is 271 g/mol. The predicted octanol–water partition coefficient (Wildman–Crippen LogP) is 2.01. The van der Waals surface area contributed by atoms with Crippen LogP contribution < -0.4 is 9.80 Å². The van der Waals surface area contributed by atoms with Gasteiger partial charge < -0.3 is 15.0 Å². The molecule has 1 N–H and O–H groups in total. The van der Waals surface area contributed by atoms with Crippen molar-refractivity contribution >= 4 is 5.57 Å². The molecule has 1 aromatic rings. The normalized spacial score (nSPS) is 19.2. The first-order chi connectivity index (χ1) is 8.91. The lowest BCUT2D eigenvalue weighted by Crippen LogP contribution is -3.02. The zero-order valence-corrected chi connectivity index (χ0v) is 10.1. The third-order valence-corrected chi connectivity index (χ3v) is 2.82. The zero-order chi connectivity index (χ0) is 14.0. The van der Waals surface area contributed by atoms with E-state index in [4.69, 9.17) is 4.74 Å². The van der Waals surface area contributed by atoms with Crippen molar-refractivity contribution in [2.24, 2.45) is 0 Å². The molecule has 1 aliphatic heterocycles. The van der Waals surface area contributed by atoms with Gasteiger partial charge in [-0.15, -0.1) is 0 Å². The van der Waals surface area contributed by atoms with E-state index >= 15 is 0 Å². The first-order valence-electron chi connectivity index (χ1n) is 5.58. The van der Waals surface area contributed by atoms with Gasteiger partial charge in [0.15, 0.2) is 0 Å². The summed E-state index contributed by atoms with van der Waals surface area (Å²) in [6.07, 6.45) is -0.269. The van der Waals surface area contributed by atoms with Crippen LogP contribution in [0.25, 0.3) is 5.57 Å². The molecule has 2 rings (SSSR count). The topological polar surface area (TPSA) is 36.7 Å². The second-order valence-electron chi connectivity index (χ2n) is 4.07. The van der Waals surface area contributed by atoms with Crippen LogP contribution in [0.2, 0.25) is 0 Å². The van der Waals surface area contributed by atoms with Crippen molar-refractivity contribution in [3.8, 4) is 5.75 Å². The van der Waals surface area contributed by atoms with Crippen molar-refractivity contribution in [1.82, 2.24) is 0 Å². The van der Waals surface area contributed by atoms with E-state index in [1.807, 2.05) is 0 Å². The van der Waals surface area contributed by atoms with E-state index in [-0.39, 0.29) is 17.2 Å². The van der Waals surface area contributed by atoms with Gasteiger partial charge in [-0.25, -0.2) is 0 Å². The summed E-state index contributed by atoms with van der Waals surface area (Å²) in [5, 5.41) is 10.9. The fraction of sp³-hybridized carbons (Fsp3) is 0.231. The molecule has 6 heteroatoms. The molecule has 0 fully saturated rings. The summed E-state index contributed by atoms with van der Waals surface area (Å²) in [6.45, 7) is 0.111. The molecule has 1 atom stereocenters. The average Bonchev–Trinajstić information content (AvgIpc) is 2.38. The molecular formula is C13H12F3NO2. The first-order valence-corrected chi connectivity index (χ1v) is 5.58. The predicted molar refractivity (Wildman–Crippen MR) is 64.3 cm³/mol. The van der Waals surface area contributed by atoms with E-state index < -0.39 is 11.7 Å². The number of benzene rings is 1. The van der Waals surface area contributed by atoms with Gasteiger partial charge in [0, 0.05) is 0 Å². The molecule has 0 bridgehead atoms. The zero-order valence-electron chi connectivity index (χ0n) is 10.1. The number of methoxy groups -OCH3 is 1. The Bertz CT molecular complexity index is 535. The van der Waals surface area contributed by atoms with Crippen molar-refractivity contribution in [2.75, 3.05) is 13.7 Å². The molecule has 1 aliphatic rings. The Morgan fingerprint density at radius 3 is 2.58 bits per heavy atom. The van der Waals surface area contributed by atoms with Gasteiger partial charge in [-0.1, -0.05) is 0 Å². The smallest absolute Gasteiger partial charge is 0.417 e. The second kappa shape index (κ2) is 5.07. The van der Waals surface area contributed by atoms with Crippen molar-refractivity contribution in [1.29, 1.82) is 0 Å². The van der Waals surface area contributed by atoms with E-state index in [0.29, 0.717) is 11.3 Å². The number of quaternary nitrogens is 1. The molecule has 0 aliphatic carbocycles. The van der Waals surface area contributed by atoms with Crippen molar-refractivity contribution in [2.45, 2.75) is 6.18 Å². The Morgan fingerprint density at radius 1 is 1.32 bits per heavy atom. The van der Waals surface area contributed by atoms with Gasteiger partial charge in [0.2, 0.25) is 0 Å². The standard InChI is InChI=1S/C13H12F3NO2/c1-19-10-2-3-12(13(14,15)16)11(8-10)9-4-6-17(18)7-5-9/h2-6,8,17H,7H2,1H3. The number of nitrogens with one attached hydrogen (secondary N) is 1. The van der Waals surface area contributed by atoms with E-state index in [2.05, 4.69) is 0 Å². The summed E-state index contributed by atoms with van der Waals surface area (Å²) >= 11 is 0. The summed E-state index contributed by atoms with van der Waals surface area (Å²) in [5.74, 6) is 0.342. The Morgan fingerprint density at radius 2 is 2.05 bits per heavy atom. The Labute approximate surface area is 108 Å². The van der Waals surface area contributed by atoms with Gasteiger partial charge in [0.25, 0.3) is 0 Å². The van der Waals surface area contributed by atoms with Gasteiger partial charge in [-0.05, 0) is 41.5 Å². The Balaban J connectivity index is 2.51. The van der Waals surface area contributed by atoms with Gasteiger partial charge >= 0.3 is 6.18 Å². The molecule has 0 amide bonds. The third kappa shape index (κ3) is 2.97. The van der Waals surface area contributed by atoms with Gasteiger partial charge in [-0.2, -0.15) is 13.2 Å². The molecule has 19 heavy (non-hydrogen) atoms. The van der Waals surface area contributed by atoms with Crippen LogP contribution in [0.15, 0.2) is 36.6 Å². The maximum absolute atomic E-state index is 13.0. The molecule has 0 aromatic heterocycles. The summed E-state index contributed by atoms with van der Waals surface area (Å²) in [7, 11) is 1.39. The molecule has 0 saturated heterocycles. The molecule has 0 spiro atoms. The maximum Gasteiger partial charge on any atom is 0.417 e. The monoisotopic (exact) mass is 271 g/mol. The largest absolute Gasteiger partial charge is 0.629 e. The molecular weight excluding hydrogens is 259 g/mol. The Kier molecular flexibility index (Phi) is 3.64. The van der Waals surface area contributed by atoms with E-state index in [1.54, 1.807) is 0 Å². The summed E-state index contributed by atoms with van der Waals surface area (Å²) in [5.41, 5.74) is -0.333. The number of hydrogen-bond donors (Lipinski definition) is 1. The van der Waals surface area contributed by atoms with Crippen LogP contribution in [0.5, 0.6) is 5.75 Å². The van der Waals surface area contributed by atoms with Gasteiger partial charge in [-0.3, -0.25) is 0 Å². The number of hydrogen-bond acceptors (Lipinski definition) is 2.